The molecule has 0 radical (unpaired) electrons. The first kappa shape index (κ1) is 16.8. The van der Waals surface area contributed by atoms with E-state index in [2.05, 4.69) is 19.2 Å². The van der Waals surface area contributed by atoms with Gasteiger partial charge in [0.05, 0.1) is 5.41 Å². The molecule has 1 fully saturated rings. The summed E-state index contributed by atoms with van der Waals surface area (Å²) in [6.45, 7) is 9.13. The van der Waals surface area contributed by atoms with E-state index < -0.39 is 11.4 Å². The molecular weight excluding hydrogens is 256 g/mol. The molecule has 2 amide bonds. The van der Waals surface area contributed by atoms with Crippen LogP contribution in [0, 0.1) is 5.41 Å². The van der Waals surface area contributed by atoms with Crippen LogP contribution in [0.2, 0.25) is 0 Å². The number of nitrogens with one attached hydrogen (secondary N) is 1. The number of hydrogen-bond donors (Lipinski definition) is 2. The van der Waals surface area contributed by atoms with Crippen molar-refractivity contribution >= 4 is 12.0 Å². The van der Waals surface area contributed by atoms with Gasteiger partial charge >= 0.3 is 12.0 Å². The number of hydrogen-bond acceptors (Lipinski definition) is 2. The van der Waals surface area contributed by atoms with Gasteiger partial charge < -0.3 is 15.3 Å². The normalized spacial score (nSPS) is 18.7. The van der Waals surface area contributed by atoms with Crippen molar-refractivity contribution in [1.82, 2.24) is 10.2 Å². The van der Waals surface area contributed by atoms with Crippen molar-refractivity contribution in [3.05, 3.63) is 0 Å². The predicted octanol–water partition coefficient (Wildman–Crippen LogP) is 2.85. The van der Waals surface area contributed by atoms with Crippen LogP contribution in [-0.4, -0.2) is 40.6 Å². The number of rotatable bonds is 5. The molecule has 1 aliphatic rings. The lowest BCUT2D eigenvalue weighted by Gasteiger charge is -2.40. The summed E-state index contributed by atoms with van der Waals surface area (Å²) in [4.78, 5) is 25.4. The number of aliphatic carboxylic acids is 1. The Hall–Kier alpha value is -1.26. The van der Waals surface area contributed by atoms with Crippen molar-refractivity contribution < 1.29 is 14.7 Å². The summed E-state index contributed by atoms with van der Waals surface area (Å²) < 4.78 is 0. The topological polar surface area (TPSA) is 69.6 Å². The molecule has 5 nitrogen and oxygen atoms in total. The van der Waals surface area contributed by atoms with Crippen LogP contribution in [0.1, 0.15) is 59.8 Å². The molecule has 0 aromatic rings. The van der Waals surface area contributed by atoms with Crippen molar-refractivity contribution in [2.75, 3.05) is 13.1 Å². The minimum absolute atomic E-state index is 0.0636. The third-order valence-electron chi connectivity index (χ3n) is 5.11. The van der Waals surface area contributed by atoms with E-state index >= 15 is 0 Å². The highest BCUT2D eigenvalue weighted by molar-refractivity contribution is 5.77. The smallest absolute Gasteiger partial charge is 0.317 e. The fourth-order valence-corrected chi connectivity index (χ4v) is 2.62. The second kappa shape index (κ2) is 6.46. The van der Waals surface area contributed by atoms with Gasteiger partial charge in [-0.05, 0) is 39.0 Å². The van der Waals surface area contributed by atoms with Gasteiger partial charge in [0.1, 0.15) is 0 Å². The Bertz CT molecular complexity index is 356. The fraction of sp³-hybridized carbons (Fsp3) is 0.867. The van der Waals surface area contributed by atoms with Gasteiger partial charge in [-0.1, -0.05) is 20.8 Å². The first-order valence-corrected chi connectivity index (χ1v) is 7.63. The van der Waals surface area contributed by atoms with Crippen LogP contribution in [0.25, 0.3) is 0 Å². The molecule has 2 N–H and O–H groups in total. The molecular formula is C15H28N2O3. The molecule has 0 bridgehead atoms. The number of carboxylic acid groups (broad SMARTS) is 1. The van der Waals surface area contributed by atoms with Crippen molar-refractivity contribution in [1.29, 1.82) is 0 Å². The Labute approximate surface area is 121 Å². The zero-order chi connectivity index (χ0) is 15.4. The highest BCUT2D eigenvalue weighted by atomic mass is 16.4. The molecule has 1 heterocycles. The molecule has 1 aliphatic heterocycles. The van der Waals surface area contributed by atoms with Gasteiger partial charge in [-0.25, -0.2) is 4.79 Å². The van der Waals surface area contributed by atoms with E-state index in [4.69, 9.17) is 0 Å². The number of urea groups is 1. The quantitative estimate of drug-likeness (QED) is 0.815. The SMILES string of the molecule is CCC(C)(CC)NC(=O)N1CCC(CC)(C(=O)O)CC1. The first-order valence-electron chi connectivity index (χ1n) is 7.63. The van der Waals surface area contributed by atoms with Crippen molar-refractivity contribution in [3.8, 4) is 0 Å². The minimum atomic E-state index is -0.730. The van der Waals surface area contributed by atoms with Crippen LogP contribution in [0.3, 0.4) is 0 Å². The molecule has 0 atom stereocenters. The number of carboxylic acids is 1. The molecule has 116 valence electrons. The zero-order valence-corrected chi connectivity index (χ0v) is 13.2. The number of carbonyl (C=O) groups is 2. The standard InChI is InChI=1S/C15H28N2O3/c1-5-14(4,6-2)16-13(20)17-10-8-15(7-3,9-11-17)12(18)19/h5-11H2,1-4H3,(H,16,20)(H,18,19). The van der Waals surface area contributed by atoms with E-state index in [0.29, 0.717) is 32.4 Å². The first-order chi connectivity index (χ1) is 9.32. The van der Waals surface area contributed by atoms with Gasteiger partial charge in [-0.2, -0.15) is 0 Å². The fourth-order valence-electron chi connectivity index (χ4n) is 2.62. The number of piperidine rings is 1. The van der Waals surface area contributed by atoms with E-state index in [-0.39, 0.29) is 11.6 Å². The maximum Gasteiger partial charge on any atom is 0.317 e. The summed E-state index contributed by atoms with van der Waals surface area (Å²) in [6.07, 6.45) is 3.48. The Balaban J connectivity index is 2.61. The Kier molecular flexibility index (Phi) is 5.42. The lowest BCUT2D eigenvalue weighted by atomic mass is 9.76. The maximum atomic E-state index is 12.3. The third-order valence-corrected chi connectivity index (χ3v) is 5.11. The Morgan fingerprint density at radius 1 is 1.20 bits per heavy atom. The van der Waals surface area contributed by atoms with Crippen molar-refractivity contribution in [2.45, 2.75) is 65.3 Å². The summed E-state index contributed by atoms with van der Waals surface area (Å²) in [5.41, 5.74) is -0.821. The number of carbonyl (C=O) groups excluding carboxylic acids is 1. The van der Waals surface area contributed by atoms with Crippen LogP contribution in [0.5, 0.6) is 0 Å². The summed E-state index contributed by atoms with van der Waals surface area (Å²) in [5.74, 6) is -0.730. The molecule has 0 saturated carbocycles. The van der Waals surface area contributed by atoms with Crippen LogP contribution in [-0.2, 0) is 4.79 Å². The second-order valence-corrected chi connectivity index (χ2v) is 6.12. The van der Waals surface area contributed by atoms with Crippen LogP contribution >= 0.6 is 0 Å². The van der Waals surface area contributed by atoms with E-state index in [1.807, 2.05) is 13.8 Å². The van der Waals surface area contributed by atoms with Crippen LogP contribution < -0.4 is 5.32 Å². The average Bonchev–Trinajstić information content (AvgIpc) is 2.46. The molecule has 0 aromatic heterocycles. The van der Waals surface area contributed by atoms with Crippen LogP contribution in [0.15, 0.2) is 0 Å². The molecule has 20 heavy (non-hydrogen) atoms. The van der Waals surface area contributed by atoms with Crippen molar-refractivity contribution in [3.63, 3.8) is 0 Å². The highest BCUT2D eigenvalue weighted by Gasteiger charge is 2.41. The molecule has 0 spiro atoms. The predicted molar refractivity (Wildman–Crippen MR) is 78.7 cm³/mol. The lowest BCUT2D eigenvalue weighted by molar-refractivity contribution is -0.152. The lowest BCUT2D eigenvalue weighted by Crippen LogP contribution is -2.54. The molecule has 5 heteroatoms. The maximum absolute atomic E-state index is 12.3. The van der Waals surface area contributed by atoms with Gasteiger partial charge in [0, 0.05) is 18.6 Å². The summed E-state index contributed by atoms with van der Waals surface area (Å²) in [6, 6.07) is -0.0636. The molecule has 0 aromatic carbocycles. The Morgan fingerprint density at radius 2 is 1.70 bits per heavy atom. The van der Waals surface area contributed by atoms with E-state index in [1.165, 1.54) is 0 Å². The zero-order valence-electron chi connectivity index (χ0n) is 13.2. The molecule has 0 aliphatic carbocycles. The molecule has 1 saturated heterocycles. The van der Waals surface area contributed by atoms with Gasteiger partial charge in [0.2, 0.25) is 0 Å². The number of nitrogens with zero attached hydrogens (tertiary/aromatic N) is 1. The molecule has 1 rings (SSSR count). The van der Waals surface area contributed by atoms with Crippen LogP contribution in [0.4, 0.5) is 4.79 Å². The highest BCUT2D eigenvalue weighted by Crippen LogP contribution is 2.35. The third kappa shape index (κ3) is 3.44. The number of amides is 2. The average molecular weight is 284 g/mol. The Morgan fingerprint density at radius 3 is 2.05 bits per heavy atom. The minimum Gasteiger partial charge on any atom is -0.481 e. The van der Waals surface area contributed by atoms with E-state index in [1.54, 1.807) is 4.90 Å². The van der Waals surface area contributed by atoms with Gasteiger partial charge in [0.15, 0.2) is 0 Å². The van der Waals surface area contributed by atoms with Crippen molar-refractivity contribution in [2.24, 2.45) is 5.41 Å². The van der Waals surface area contributed by atoms with Gasteiger partial charge in [-0.15, -0.1) is 0 Å². The second-order valence-electron chi connectivity index (χ2n) is 6.12. The summed E-state index contributed by atoms with van der Waals surface area (Å²) in [5, 5.41) is 12.4. The largest absolute Gasteiger partial charge is 0.481 e. The monoisotopic (exact) mass is 284 g/mol. The van der Waals surface area contributed by atoms with E-state index in [9.17, 15) is 14.7 Å². The van der Waals surface area contributed by atoms with Gasteiger partial charge in [0.25, 0.3) is 0 Å². The summed E-state index contributed by atoms with van der Waals surface area (Å²) >= 11 is 0. The summed E-state index contributed by atoms with van der Waals surface area (Å²) in [7, 11) is 0. The molecule has 0 unspecified atom stereocenters. The number of likely N-dealkylation sites (tertiary alicyclic amines) is 1. The van der Waals surface area contributed by atoms with Gasteiger partial charge in [-0.3, -0.25) is 4.79 Å². The van der Waals surface area contributed by atoms with E-state index in [0.717, 1.165) is 12.8 Å².